The summed E-state index contributed by atoms with van der Waals surface area (Å²) in [5.41, 5.74) is 2.00. The van der Waals surface area contributed by atoms with E-state index in [1.807, 2.05) is 42.5 Å². The Morgan fingerprint density at radius 3 is 2.58 bits per heavy atom. The van der Waals surface area contributed by atoms with Crippen molar-refractivity contribution in [1.82, 2.24) is 9.88 Å². The van der Waals surface area contributed by atoms with Crippen LogP contribution in [-0.2, 0) is 17.9 Å². The zero-order valence-electron chi connectivity index (χ0n) is 14.2. The summed E-state index contributed by atoms with van der Waals surface area (Å²) in [4.78, 5) is 17.4. The lowest BCUT2D eigenvalue weighted by Crippen LogP contribution is -2.27. The number of aliphatic carboxylic acids is 1. The molecule has 0 radical (unpaired) electrons. The van der Waals surface area contributed by atoms with Gasteiger partial charge in [0.15, 0.2) is 6.61 Å². The summed E-state index contributed by atoms with van der Waals surface area (Å²) in [6.45, 7) is 6.37. The predicted octanol–water partition coefficient (Wildman–Crippen LogP) is 3.20. The fourth-order valence-electron chi connectivity index (χ4n) is 2.58. The number of aromatic nitrogens is 1. The van der Waals surface area contributed by atoms with Crippen LogP contribution in [0.4, 0.5) is 0 Å². The van der Waals surface area contributed by atoms with Crippen molar-refractivity contribution in [2.24, 2.45) is 5.92 Å². The summed E-state index contributed by atoms with van der Waals surface area (Å²) in [5.74, 6) is 0.160. The van der Waals surface area contributed by atoms with Crippen LogP contribution >= 0.6 is 0 Å². The molecule has 128 valence electrons. The SMILES string of the molecule is CC(C)CN(Cc1ccccn1)Cc1ccccc1OCC(=O)O. The number of pyridine rings is 1. The number of rotatable bonds is 9. The van der Waals surface area contributed by atoms with E-state index in [0.29, 0.717) is 18.2 Å². The number of carbonyl (C=O) groups is 1. The van der Waals surface area contributed by atoms with Gasteiger partial charge in [-0.15, -0.1) is 0 Å². The van der Waals surface area contributed by atoms with Crippen LogP contribution in [0, 0.1) is 5.92 Å². The van der Waals surface area contributed by atoms with Crippen LogP contribution in [0.1, 0.15) is 25.1 Å². The second-order valence-corrected chi connectivity index (χ2v) is 6.17. The second kappa shape index (κ2) is 9.03. The van der Waals surface area contributed by atoms with Crippen molar-refractivity contribution in [2.45, 2.75) is 26.9 Å². The Hall–Kier alpha value is -2.40. The van der Waals surface area contributed by atoms with E-state index in [2.05, 4.69) is 23.7 Å². The molecule has 5 nitrogen and oxygen atoms in total. The van der Waals surface area contributed by atoms with E-state index in [1.165, 1.54) is 0 Å². The van der Waals surface area contributed by atoms with Crippen LogP contribution < -0.4 is 4.74 Å². The molecule has 2 aromatic rings. The highest BCUT2D eigenvalue weighted by Crippen LogP contribution is 2.21. The largest absolute Gasteiger partial charge is 0.482 e. The van der Waals surface area contributed by atoms with Gasteiger partial charge in [-0.1, -0.05) is 38.1 Å². The molecular formula is C19H24N2O3. The summed E-state index contributed by atoms with van der Waals surface area (Å²) in [6, 6.07) is 13.5. The van der Waals surface area contributed by atoms with E-state index in [-0.39, 0.29) is 6.61 Å². The smallest absolute Gasteiger partial charge is 0.341 e. The van der Waals surface area contributed by atoms with E-state index >= 15 is 0 Å². The van der Waals surface area contributed by atoms with Crippen LogP contribution in [0.2, 0.25) is 0 Å². The summed E-state index contributed by atoms with van der Waals surface area (Å²) >= 11 is 0. The first-order valence-corrected chi connectivity index (χ1v) is 8.09. The van der Waals surface area contributed by atoms with Crippen LogP contribution in [0.5, 0.6) is 5.75 Å². The highest BCUT2D eigenvalue weighted by molar-refractivity contribution is 5.68. The standard InChI is InChI=1S/C19H24N2O3/c1-15(2)11-21(13-17-8-5-6-10-20-17)12-16-7-3-4-9-18(16)24-14-19(22)23/h3-10,15H,11-14H2,1-2H3,(H,22,23). The van der Waals surface area contributed by atoms with Crippen molar-refractivity contribution in [1.29, 1.82) is 0 Å². The van der Waals surface area contributed by atoms with E-state index in [1.54, 1.807) is 6.20 Å². The normalized spacial score (nSPS) is 11.0. The van der Waals surface area contributed by atoms with Crippen LogP contribution in [0.15, 0.2) is 48.7 Å². The number of nitrogens with zero attached hydrogens (tertiary/aromatic N) is 2. The molecule has 0 atom stereocenters. The first-order chi connectivity index (χ1) is 11.5. The average Bonchev–Trinajstić information content (AvgIpc) is 2.54. The molecule has 0 amide bonds. The number of carboxylic acids is 1. The number of ether oxygens (including phenoxy) is 1. The van der Waals surface area contributed by atoms with Crippen LogP contribution in [-0.4, -0.2) is 34.1 Å². The molecular weight excluding hydrogens is 304 g/mol. The van der Waals surface area contributed by atoms with Gasteiger partial charge >= 0.3 is 5.97 Å². The van der Waals surface area contributed by atoms with Crippen molar-refractivity contribution in [3.63, 3.8) is 0 Å². The van der Waals surface area contributed by atoms with Crippen molar-refractivity contribution in [3.8, 4) is 5.75 Å². The molecule has 24 heavy (non-hydrogen) atoms. The van der Waals surface area contributed by atoms with E-state index in [9.17, 15) is 4.79 Å². The molecule has 1 aromatic carbocycles. The quantitative estimate of drug-likeness (QED) is 0.766. The number of carboxylic acid groups (broad SMARTS) is 1. The third-order valence-corrected chi connectivity index (χ3v) is 3.45. The van der Waals surface area contributed by atoms with Crippen molar-refractivity contribution >= 4 is 5.97 Å². The van der Waals surface area contributed by atoms with E-state index in [4.69, 9.17) is 9.84 Å². The lowest BCUT2D eigenvalue weighted by atomic mass is 10.1. The average molecular weight is 328 g/mol. The monoisotopic (exact) mass is 328 g/mol. The zero-order chi connectivity index (χ0) is 17.4. The minimum atomic E-state index is -0.975. The van der Waals surface area contributed by atoms with Gasteiger partial charge in [-0.05, 0) is 24.1 Å². The summed E-state index contributed by atoms with van der Waals surface area (Å²) in [5, 5.41) is 8.82. The molecule has 0 aliphatic heterocycles. The predicted molar refractivity (Wildman–Crippen MR) is 92.8 cm³/mol. The van der Waals surface area contributed by atoms with Gasteiger partial charge in [0.1, 0.15) is 5.75 Å². The maximum Gasteiger partial charge on any atom is 0.341 e. The molecule has 1 heterocycles. The van der Waals surface area contributed by atoms with Crippen LogP contribution in [0.3, 0.4) is 0 Å². The van der Waals surface area contributed by atoms with Crippen molar-refractivity contribution in [3.05, 3.63) is 59.9 Å². The van der Waals surface area contributed by atoms with Crippen LogP contribution in [0.25, 0.3) is 0 Å². The second-order valence-electron chi connectivity index (χ2n) is 6.17. The Morgan fingerprint density at radius 2 is 1.92 bits per heavy atom. The van der Waals surface area contributed by atoms with Gasteiger partial charge in [-0.25, -0.2) is 4.79 Å². The number of para-hydroxylation sites is 1. The van der Waals surface area contributed by atoms with Gasteiger partial charge in [0.2, 0.25) is 0 Å². The van der Waals surface area contributed by atoms with Crippen molar-refractivity contribution in [2.75, 3.05) is 13.2 Å². The molecule has 0 aliphatic rings. The maximum absolute atomic E-state index is 10.7. The lowest BCUT2D eigenvalue weighted by molar-refractivity contribution is -0.139. The molecule has 0 fully saturated rings. The van der Waals surface area contributed by atoms with Gasteiger partial charge < -0.3 is 9.84 Å². The Labute approximate surface area is 142 Å². The molecule has 0 saturated heterocycles. The van der Waals surface area contributed by atoms with Gasteiger partial charge in [-0.2, -0.15) is 0 Å². The number of benzene rings is 1. The Bertz CT molecular complexity index is 644. The molecule has 2 rings (SSSR count). The highest BCUT2D eigenvalue weighted by atomic mass is 16.5. The minimum Gasteiger partial charge on any atom is -0.482 e. The van der Waals surface area contributed by atoms with Gasteiger partial charge in [0.25, 0.3) is 0 Å². The fourth-order valence-corrected chi connectivity index (χ4v) is 2.58. The highest BCUT2D eigenvalue weighted by Gasteiger charge is 2.13. The molecule has 1 N–H and O–H groups in total. The Balaban J connectivity index is 2.12. The third-order valence-electron chi connectivity index (χ3n) is 3.45. The number of hydrogen-bond donors (Lipinski definition) is 1. The first kappa shape index (κ1) is 17.9. The third kappa shape index (κ3) is 6.01. The lowest BCUT2D eigenvalue weighted by Gasteiger charge is -2.25. The minimum absolute atomic E-state index is 0.332. The molecule has 0 saturated carbocycles. The topological polar surface area (TPSA) is 62.7 Å². The Morgan fingerprint density at radius 1 is 1.17 bits per heavy atom. The zero-order valence-corrected chi connectivity index (χ0v) is 14.2. The van der Waals surface area contributed by atoms with E-state index in [0.717, 1.165) is 24.3 Å². The van der Waals surface area contributed by atoms with Gasteiger partial charge in [0.05, 0.1) is 5.69 Å². The molecule has 1 aromatic heterocycles. The molecule has 0 bridgehead atoms. The molecule has 5 heteroatoms. The van der Waals surface area contributed by atoms with Gasteiger partial charge in [0, 0.05) is 31.4 Å². The van der Waals surface area contributed by atoms with E-state index < -0.39 is 5.97 Å². The first-order valence-electron chi connectivity index (χ1n) is 8.09. The molecule has 0 aliphatic carbocycles. The molecule has 0 spiro atoms. The summed E-state index contributed by atoms with van der Waals surface area (Å²) in [6.07, 6.45) is 1.80. The van der Waals surface area contributed by atoms with Gasteiger partial charge in [-0.3, -0.25) is 9.88 Å². The summed E-state index contributed by atoms with van der Waals surface area (Å²) < 4.78 is 5.41. The maximum atomic E-state index is 10.7. The number of hydrogen-bond acceptors (Lipinski definition) is 4. The van der Waals surface area contributed by atoms with Crippen molar-refractivity contribution < 1.29 is 14.6 Å². The fraction of sp³-hybridized carbons (Fsp3) is 0.368. The Kier molecular flexibility index (Phi) is 6.75. The molecule has 0 unspecified atom stereocenters. The summed E-state index contributed by atoms with van der Waals surface area (Å²) in [7, 11) is 0.